The van der Waals surface area contributed by atoms with Crippen molar-refractivity contribution in [3.63, 3.8) is 0 Å². The molecule has 1 fully saturated rings. The van der Waals surface area contributed by atoms with Gasteiger partial charge in [-0.2, -0.15) is 0 Å². The number of carboxylic acid groups (broad SMARTS) is 1. The van der Waals surface area contributed by atoms with E-state index in [1.54, 1.807) is 43.5 Å². The molecule has 0 saturated carbocycles. The molecule has 4 N–H and O–H groups in total. The van der Waals surface area contributed by atoms with Crippen LogP contribution < -0.4 is 11.2 Å². The van der Waals surface area contributed by atoms with Crippen molar-refractivity contribution in [2.75, 3.05) is 24.3 Å². The van der Waals surface area contributed by atoms with Crippen molar-refractivity contribution in [2.45, 2.75) is 32.2 Å². The number of nitrogens with two attached hydrogens (primary N) is 1. The maximum atomic E-state index is 13.0. The minimum absolute atomic E-state index is 0.0110. The fraction of sp³-hybridized carbons (Fsp3) is 0.233. The first-order valence-corrected chi connectivity index (χ1v) is 13.3. The van der Waals surface area contributed by atoms with Crippen LogP contribution in [-0.2, 0) is 4.74 Å². The minimum Gasteiger partial charge on any atom is -0.465 e. The van der Waals surface area contributed by atoms with Gasteiger partial charge in [-0.1, -0.05) is 42.5 Å². The molecule has 3 heterocycles. The number of nitrogen functional groups attached to an aromatic ring is 1. The Bertz CT molecular complexity index is 1570. The van der Waals surface area contributed by atoms with Crippen LogP contribution in [-0.4, -0.2) is 55.8 Å². The lowest BCUT2D eigenvalue weighted by Crippen LogP contribution is -2.39. The second-order valence-corrected chi connectivity index (χ2v) is 9.57. The molecule has 1 atom stereocenters. The van der Waals surface area contributed by atoms with Crippen LogP contribution in [0.3, 0.4) is 0 Å². The van der Waals surface area contributed by atoms with E-state index in [0.29, 0.717) is 29.9 Å². The van der Waals surface area contributed by atoms with Gasteiger partial charge in [0.2, 0.25) is 0 Å². The lowest BCUT2D eigenvalue weighted by molar-refractivity contribution is 0.0516. The molecule has 5 rings (SSSR count). The Morgan fingerprint density at radius 2 is 1.78 bits per heavy atom. The Kier molecular flexibility index (Phi) is 7.95. The van der Waals surface area contributed by atoms with Crippen LogP contribution in [0.4, 0.5) is 10.6 Å². The summed E-state index contributed by atoms with van der Waals surface area (Å²) in [5.74, 6) is 5.99. The molecule has 0 bridgehead atoms. The summed E-state index contributed by atoms with van der Waals surface area (Å²) < 4.78 is 6.37. The number of amides is 2. The van der Waals surface area contributed by atoms with Crippen LogP contribution in [0.15, 0.2) is 72.9 Å². The summed E-state index contributed by atoms with van der Waals surface area (Å²) in [6.45, 7) is 2.16. The number of imidazole rings is 1. The molecule has 0 aliphatic carbocycles. The fourth-order valence-electron chi connectivity index (χ4n) is 4.99. The number of ether oxygens (including phenoxy) is 1. The van der Waals surface area contributed by atoms with Gasteiger partial charge in [-0.3, -0.25) is 9.69 Å². The molecule has 2 aromatic carbocycles. The van der Waals surface area contributed by atoms with E-state index in [9.17, 15) is 19.5 Å². The van der Waals surface area contributed by atoms with Crippen LogP contribution >= 0.6 is 0 Å². The molecular formula is C30H30N6O5. The number of esters is 1. The number of hydrogen-bond donors (Lipinski definition) is 3. The number of nitrogens with one attached hydrogen (secondary N) is 1. The number of anilines is 1. The van der Waals surface area contributed by atoms with Gasteiger partial charge in [0.25, 0.3) is 5.91 Å². The highest BCUT2D eigenvalue weighted by Gasteiger charge is 2.34. The van der Waals surface area contributed by atoms with Crippen LogP contribution in [0.2, 0.25) is 0 Å². The molecule has 0 radical (unpaired) electrons. The van der Waals surface area contributed by atoms with Crippen LogP contribution in [0.1, 0.15) is 58.9 Å². The standard InChI is InChI=1S/C30H30N6O5/c1-2-41-29(38)26-25(34-27(36(26)31)23-10-6-7-17-35(23)30(39)40)20-11-13-21(14-12-20)28(37)33-24-18-22(15-16-32-24)19-8-4-3-5-9-19/h3-5,8-9,11-16,18,23H,2,6-7,10,17,31H2,1H3,(H,39,40)(H,32,33,37). The molecule has 0 spiro atoms. The van der Waals surface area contributed by atoms with Gasteiger partial charge in [0.15, 0.2) is 11.5 Å². The molecule has 4 aromatic rings. The third-order valence-electron chi connectivity index (χ3n) is 6.98. The molecular weight excluding hydrogens is 524 g/mol. The predicted molar refractivity (Wildman–Crippen MR) is 153 cm³/mol. The monoisotopic (exact) mass is 554 g/mol. The predicted octanol–water partition coefficient (Wildman–Crippen LogP) is 4.96. The highest BCUT2D eigenvalue weighted by molar-refractivity contribution is 6.04. The summed E-state index contributed by atoms with van der Waals surface area (Å²) in [4.78, 5) is 48.0. The third kappa shape index (κ3) is 5.74. The van der Waals surface area contributed by atoms with Gasteiger partial charge in [-0.05, 0) is 61.6 Å². The van der Waals surface area contributed by atoms with E-state index in [-0.39, 0.29) is 29.7 Å². The van der Waals surface area contributed by atoms with Crippen molar-refractivity contribution in [2.24, 2.45) is 0 Å². The molecule has 1 saturated heterocycles. The number of nitrogens with zero attached hydrogens (tertiary/aromatic N) is 4. The summed E-state index contributed by atoms with van der Waals surface area (Å²) >= 11 is 0. The molecule has 1 aliphatic heterocycles. The number of benzene rings is 2. The Morgan fingerprint density at radius 3 is 2.49 bits per heavy atom. The molecule has 2 amide bonds. The number of piperidine rings is 1. The van der Waals surface area contributed by atoms with E-state index >= 15 is 0 Å². The van der Waals surface area contributed by atoms with Crippen molar-refractivity contribution < 1.29 is 24.2 Å². The lowest BCUT2D eigenvalue weighted by atomic mass is 10.0. The topological polar surface area (TPSA) is 153 Å². The Labute approximate surface area is 236 Å². The SMILES string of the molecule is CCOC(=O)c1c(-c2ccc(C(=O)Nc3cc(-c4ccccc4)ccn3)cc2)nc(C2CCCCN2C(=O)O)n1N. The largest absolute Gasteiger partial charge is 0.465 e. The number of carbonyl (C=O) groups is 3. The average Bonchev–Trinajstić information content (AvgIpc) is 3.34. The highest BCUT2D eigenvalue weighted by Crippen LogP contribution is 2.34. The molecule has 1 unspecified atom stereocenters. The molecule has 210 valence electrons. The first kappa shape index (κ1) is 27.4. The number of carbonyl (C=O) groups excluding carboxylic acids is 2. The number of hydrogen-bond acceptors (Lipinski definition) is 7. The molecule has 11 nitrogen and oxygen atoms in total. The molecule has 1 aliphatic rings. The molecule has 41 heavy (non-hydrogen) atoms. The lowest BCUT2D eigenvalue weighted by Gasteiger charge is -2.32. The van der Waals surface area contributed by atoms with Gasteiger partial charge in [0.1, 0.15) is 11.5 Å². The van der Waals surface area contributed by atoms with Gasteiger partial charge in [0.05, 0.1) is 12.6 Å². The van der Waals surface area contributed by atoms with E-state index in [0.717, 1.165) is 28.6 Å². The summed E-state index contributed by atoms with van der Waals surface area (Å²) in [5, 5.41) is 12.5. The van der Waals surface area contributed by atoms with Crippen LogP contribution in [0, 0.1) is 0 Å². The van der Waals surface area contributed by atoms with Crippen molar-refractivity contribution >= 4 is 23.8 Å². The summed E-state index contributed by atoms with van der Waals surface area (Å²) in [7, 11) is 0. The first-order valence-electron chi connectivity index (χ1n) is 13.3. The summed E-state index contributed by atoms with van der Waals surface area (Å²) in [6, 6.07) is 19.4. The van der Waals surface area contributed by atoms with Crippen molar-refractivity contribution in [1.29, 1.82) is 0 Å². The molecule has 11 heteroatoms. The smallest absolute Gasteiger partial charge is 0.407 e. The van der Waals surface area contributed by atoms with Crippen molar-refractivity contribution in [1.82, 2.24) is 19.5 Å². The fourth-order valence-corrected chi connectivity index (χ4v) is 4.99. The van der Waals surface area contributed by atoms with E-state index < -0.39 is 18.1 Å². The zero-order valence-electron chi connectivity index (χ0n) is 22.5. The first-order chi connectivity index (χ1) is 19.9. The molecule has 2 aromatic heterocycles. The summed E-state index contributed by atoms with van der Waals surface area (Å²) in [5.41, 5.74) is 3.08. The quantitative estimate of drug-likeness (QED) is 0.214. The van der Waals surface area contributed by atoms with Crippen LogP contribution in [0.25, 0.3) is 22.4 Å². The van der Waals surface area contributed by atoms with Crippen molar-refractivity contribution in [3.8, 4) is 22.4 Å². The van der Waals surface area contributed by atoms with Gasteiger partial charge in [0, 0.05) is 23.9 Å². The van der Waals surface area contributed by atoms with Gasteiger partial charge < -0.3 is 21.0 Å². The zero-order valence-corrected chi connectivity index (χ0v) is 22.5. The maximum absolute atomic E-state index is 13.0. The highest BCUT2D eigenvalue weighted by atomic mass is 16.5. The van der Waals surface area contributed by atoms with Crippen LogP contribution in [0.5, 0.6) is 0 Å². The second kappa shape index (κ2) is 11.9. The normalized spacial score (nSPS) is 14.9. The van der Waals surface area contributed by atoms with Gasteiger partial charge in [-0.25, -0.2) is 24.2 Å². The Balaban J connectivity index is 1.42. The summed E-state index contributed by atoms with van der Waals surface area (Å²) in [6.07, 6.45) is 2.63. The van der Waals surface area contributed by atoms with E-state index in [4.69, 9.17) is 10.6 Å². The van der Waals surface area contributed by atoms with Crippen molar-refractivity contribution in [3.05, 3.63) is 90.0 Å². The van der Waals surface area contributed by atoms with Gasteiger partial charge in [-0.15, -0.1) is 0 Å². The third-order valence-corrected chi connectivity index (χ3v) is 6.98. The maximum Gasteiger partial charge on any atom is 0.407 e. The van der Waals surface area contributed by atoms with E-state index in [2.05, 4.69) is 15.3 Å². The Morgan fingerprint density at radius 1 is 1.02 bits per heavy atom. The number of pyridine rings is 1. The zero-order chi connectivity index (χ0) is 28.9. The van der Waals surface area contributed by atoms with E-state index in [1.165, 1.54) is 4.90 Å². The number of likely N-dealkylation sites (tertiary alicyclic amines) is 1. The van der Waals surface area contributed by atoms with Gasteiger partial charge >= 0.3 is 12.1 Å². The second-order valence-electron chi connectivity index (χ2n) is 9.57. The minimum atomic E-state index is -1.07. The van der Waals surface area contributed by atoms with E-state index in [1.807, 2.05) is 36.4 Å². The average molecular weight is 555 g/mol. The Hall–Kier alpha value is -5.19. The number of aromatic nitrogens is 3. The number of rotatable bonds is 7.